The minimum Gasteiger partial charge on any atom is -0.394 e. The van der Waals surface area contributed by atoms with Gasteiger partial charge in [0.1, 0.15) is 6.04 Å². The number of aliphatic hydroxyl groups excluding tert-OH is 1. The number of aryl methyl sites for hydroxylation is 1. The molecule has 0 bridgehead atoms. The number of imide groups is 2. The molecule has 4 heterocycles. The average molecular weight is 808 g/mol. The van der Waals surface area contributed by atoms with E-state index in [1.165, 1.54) is 11.8 Å². The van der Waals surface area contributed by atoms with Crippen LogP contribution in [0.25, 0.3) is 11.1 Å². The Bertz CT molecular complexity index is 2350. The number of nitrogens with one attached hydrogen (secondary N) is 3. The molecule has 2 saturated heterocycles. The van der Waals surface area contributed by atoms with Crippen molar-refractivity contribution in [2.45, 2.75) is 73.4 Å². The van der Waals surface area contributed by atoms with Gasteiger partial charge in [-0.25, -0.2) is 8.42 Å². The minimum atomic E-state index is -3.77. The van der Waals surface area contributed by atoms with E-state index in [2.05, 4.69) is 28.1 Å². The number of sulfonamides is 1. The molecule has 296 valence electrons. The van der Waals surface area contributed by atoms with Gasteiger partial charge < -0.3 is 15.7 Å². The van der Waals surface area contributed by atoms with Crippen LogP contribution in [0.5, 0.6) is 0 Å². The van der Waals surface area contributed by atoms with Crippen molar-refractivity contribution < 1.29 is 32.7 Å². The molecule has 8 rings (SSSR count). The van der Waals surface area contributed by atoms with Crippen molar-refractivity contribution in [3.8, 4) is 11.1 Å². The third-order valence-corrected chi connectivity index (χ3v) is 14.5. The fraction of sp³-hybridized carbons (Fsp3) is 0.349. The van der Waals surface area contributed by atoms with Crippen LogP contribution in [0.2, 0.25) is 0 Å². The van der Waals surface area contributed by atoms with Gasteiger partial charge in [0, 0.05) is 41.7 Å². The zero-order chi connectivity index (χ0) is 39.8. The van der Waals surface area contributed by atoms with Crippen molar-refractivity contribution >= 4 is 56.8 Å². The van der Waals surface area contributed by atoms with Gasteiger partial charge in [-0.2, -0.15) is 4.31 Å². The van der Waals surface area contributed by atoms with Gasteiger partial charge in [-0.3, -0.25) is 29.4 Å². The minimum absolute atomic E-state index is 0.0695. The van der Waals surface area contributed by atoms with Gasteiger partial charge in [0.2, 0.25) is 21.8 Å². The summed E-state index contributed by atoms with van der Waals surface area (Å²) in [6.45, 7) is 2.99. The molecule has 4 aliphatic heterocycles. The first-order valence-corrected chi connectivity index (χ1v) is 21.9. The number of aliphatic hydroxyl groups is 1. The van der Waals surface area contributed by atoms with E-state index in [-0.39, 0.29) is 36.3 Å². The fourth-order valence-electron chi connectivity index (χ4n) is 8.55. The van der Waals surface area contributed by atoms with Crippen LogP contribution >= 0.6 is 11.8 Å². The van der Waals surface area contributed by atoms with Crippen LogP contribution in [-0.2, 0) is 19.6 Å². The van der Waals surface area contributed by atoms with Gasteiger partial charge in [0.15, 0.2) is 0 Å². The van der Waals surface area contributed by atoms with E-state index in [1.54, 1.807) is 28.6 Å². The summed E-state index contributed by atoms with van der Waals surface area (Å²) < 4.78 is 29.6. The largest absolute Gasteiger partial charge is 0.394 e. The topological polar surface area (TPSA) is 165 Å². The van der Waals surface area contributed by atoms with E-state index in [0.29, 0.717) is 29.0 Å². The van der Waals surface area contributed by atoms with Gasteiger partial charge in [0.25, 0.3) is 11.8 Å². The number of rotatable bonds is 13. The average Bonchev–Trinajstić information content (AvgIpc) is 3.77. The molecule has 12 nitrogen and oxygen atoms in total. The van der Waals surface area contributed by atoms with Crippen molar-refractivity contribution in [2.24, 2.45) is 5.92 Å². The van der Waals surface area contributed by atoms with Gasteiger partial charge in [-0.15, -0.1) is 11.8 Å². The Labute approximate surface area is 336 Å². The molecule has 0 radical (unpaired) electrons. The van der Waals surface area contributed by atoms with Crippen LogP contribution in [0.15, 0.2) is 94.7 Å². The first kappa shape index (κ1) is 38.8. The molecule has 4 aromatic carbocycles. The monoisotopic (exact) mass is 807 g/mol. The molecular weight excluding hydrogens is 763 g/mol. The Morgan fingerprint density at radius 3 is 2.46 bits per heavy atom. The number of fused-ring (bicyclic) bond motifs is 4. The fourth-order valence-corrected chi connectivity index (χ4v) is 11.3. The van der Waals surface area contributed by atoms with E-state index >= 15 is 0 Å². The second kappa shape index (κ2) is 16.1. The van der Waals surface area contributed by atoms with Crippen molar-refractivity contribution in [1.29, 1.82) is 0 Å². The van der Waals surface area contributed by atoms with Crippen LogP contribution in [0.3, 0.4) is 0 Å². The number of thioether (sulfide) groups is 1. The third kappa shape index (κ3) is 7.47. The van der Waals surface area contributed by atoms with Crippen LogP contribution in [0.4, 0.5) is 11.4 Å². The predicted molar refractivity (Wildman–Crippen MR) is 218 cm³/mol. The summed E-state index contributed by atoms with van der Waals surface area (Å²) in [7, 11) is -3.77. The highest BCUT2D eigenvalue weighted by atomic mass is 32.2. The third-order valence-electron chi connectivity index (χ3n) is 11.5. The number of carbonyl (C=O) groups excluding carboxylic acids is 4. The number of hydrogen-bond acceptors (Lipinski definition) is 10. The Morgan fingerprint density at radius 1 is 0.877 bits per heavy atom. The van der Waals surface area contributed by atoms with Gasteiger partial charge in [0.05, 0.1) is 34.7 Å². The van der Waals surface area contributed by atoms with E-state index in [0.717, 1.165) is 70.1 Å². The molecule has 4 aromatic rings. The molecule has 4 atom stereocenters. The van der Waals surface area contributed by atoms with Crippen molar-refractivity contribution in [2.75, 3.05) is 36.1 Å². The van der Waals surface area contributed by atoms with E-state index in [1.807, 2.05) is 55.5 Å². The van der Waals surface area contributed by atoms with Crippen LogP contribution in [0.1, 0.15) is 76.4 Å². The maximum Gasteiger partial charge on any atom is 0.263 e. The lowest BCUT2D eigenvalue weighted by Gasteiger charge is -2.39. The second-order valence-electron chi connectivity index (χ2n) is 15.1. The van der Waals surface area contributed by atoms with Gasteiger partial charge in [-0.05, 0) is 104 Å². The molecule has 57 heavy (non-hydrogen) atoms. The summed E-state index contributed by atoms with van der Waals surface area (Å²) in [6.07, 6.45) is 3.61. The zero-order valence-corrected chi connectivity index (χ0v) is 33.2. The van der Waals surface area contributed by atoms with Crippen molar-refractivity contribution in [1.82, 2.24) is 14.5 Å². The number of piperidine rings is 1. The van der Waals surface area contributed by atoms with Crippen molar-refractivity contribution in [3.05, 3.63) is 107 Å². The lowest BCUT2D eigenvalue weighted by Crippen LogP contribution is -2.54. The lowest BCUT2D eigenvalue weighted by molar-refractivity contribution is -0.136. The maximum absolute atomic E-state index is 14.0. The van der Waals surface area contributed by atoms with Crippen molar-refractivity contribution in [3.63, 3.8) is 0 Å². The SMILES string of the molecule is Cc1ccc(S(=O)(=O)N2CC[C@@H]3[C@H](CO)Nc4ccc(-c5cccc(NCCCCCSc6cccc7c6C(=O)N(C6CCC(=O)NC6=O)C7=O)c5)cc4[C@@H]32)cc1. The molecule has 4 aliphatic rings. The lowest BCUT2D eigenvalue weighted by atomic mass is 9.82. The van der Waals surface area contributed by atoms with Gasteiger partial charge in [-0.1, -0.05) is 48.4 Å². The Kier molecular flexibility index (Phi) is 11.0. The smallest absolute Gasteiger partial charge is 0.263 e. The molecule has 14 heteroatoms. The second-order valence-corrected chi connectivity index (χ2v) is 18.1. The highest BCUT2D eigenvalue weighted by molar-refractivity contribution is 7.99. The van der Waals surface area contributed by atoms with Gasteiger partial charge >= 0.3 is 0 Å². The summed E-state index contributed by atoms with van der Waals surface area (Å²) in [6, 6.07) is 24.8. The number of anilines is 2. The van der Waals surface area contributed by atoms with Crippen LogP contribution in [-0.4, -0.2) is 83.9 Å². The molecule has 0 saturated carbocycles. The normalized spacial score (nSPS) is 21.8. The van der Waals surface area contributed by atoms with Crippen LogP contribution < -0.4 is 16.0 Å². The number of hydrogen-bond donors (Lipinski definition) is 4. The summed E-state index contributed by atoms with van der Waals surface area (Å²) in [5.74, 6) is -1.33. The number of nitrogens with zero attached hydrogens (tertiary/aromatic N) is 2. The van der Waals surface area contributed by atoms with E-state index in [9.17, 15) is 32.7 Å². The van der Waals surface area contributed by atoms with E-state index < -0.39 is 45.7 Å². The number of amides is 4. The molecule has 1 unspecified atom stereocenters. The first-order chi connectivity index (χ1) is 27.5. The quantitative estimate of drug-likeness (QED) is 0.0718. The molecule has 0 spiro atoms. The Balaban J connectivity index is 0.877. The molecule has 4 N–H and O–H groups in total. The summed E-state index contributed by atoms with van der Waals surface area (Å²) in [5.41, 5.74) is 6.32. The number of carbonyl (C=O) groups is 4. The summed E-state index contributed by atoms with van der Waals surface area (Å²) >= 11 is 1.52. The maximum atomic E-state index is 14.0. The highest BCUT2D eigenvalue weighted by Gasteiger charge is 2.49. The van der Waals surface area contributed by atoms with Crippen LogP contribution in [0, 0.1) is 12.8 Å². The Hall–Kier alpha value is -5.02. The summed E-state index contributed by atoms with van der Waals surface area (Å²) in [5, 5.41) is 19.5. The summed E-state index contributed by atoms with van der Waals surface area (Å²) in [4.78, 5) is 52.6. The zero-order valence-electron chi connectivity index (χ0n) is 31.6. The van der Waals surface area contributed by atoms with E-state index in [4.69, 9.17) is 0 Å². The standard InChI is InChI=1S/C43H45N5O7S2/c1-26-11-14-30(15-12-26)57(54,55)47-21-19-31-35(25-49)45-34-16-13-28(24-33(34)40(31)47)27-7-5-8-29(23-27)44-20-3-2-4-22-56-37-10-6-9-32-39(37)43(53)48(42(32)52)36-17-18-38(50)46-41(36)51/h5-16,23-24,31,35-36,40,44-45,49H,2-4,17-22,25H2,1H3,(H,46,50,51)/t31-,35+,36?,40-/m1/s1. The first-order valence-electron chi connectivity index (χ1n) is 19.5. The Morgan fingerprint density at radius 2 is 1.67 bits per heavy atom. The molecule has 0 aliphatic carbocycles. The highest BCUT2D eigenvalue weighted by Crippen LogP contribution is 2.49. The molecule has 4 amide bonds. The molecular formula is C43H45N5O7S2. The number of unbranched alkanes of at least 4 members (excludes halogenated alkanes) is 2. The number of benzene rings is 4. The molecule has 2 fully saturated rings. The molecule has 0 aromatic heterocycles. The predicted octanol–water partition coefficient (Wildman–Crippen LogP) is 5.98.